The van der Waals surface area contributed by atoms with Gasteiger partial charge in [-0.3, -0.25) is 14.5 Å². The van der Waals surface area contributed by atoms with Crippen LogP contribution in [0.25, 0.3) is 0 Å². The number of hydrogen-bond acceptors (Lipinski definition) is 5. The van der Waals surface area contributed by atoms with Gasteiger partial charge in [0.2, 0.25) is 5.91 Å². The lowest BCUT2D eigenvalue weighted by Crippen LogP contribution is -2.54. The molecule has 1 aromatic carbocycles. The molecule has 144 valence electrons. The van der Waals surface area contributed by atoms with E-state index in [9.17, 15) is 19.2 Å². The zero-order chi connectivity index (χ0) is 19.6. The summed E-state index contributed by atoms with van der Waals surface area (Å²) in [5, 5.41) is 5.45. The van der Waals surface area contributed by atoms with Crippen LogP contribution < -0.4 is 10.6 Å². The van der Waals surface area contributed by atoms with E-state index >= 15 is 0 Å². The molecule has 8 heteroatoms. The second-order valence-corrected chi connectivity index (χ2v) is 7.06. The monoisotopic (exact) mass is 373 g/mol. The molecule has 0 bridgehead atoms. The van der Waals surface area contributed by atoms with E-state index in [4.69, 9.17) is 0 Å². The molecule has 2 aliphatic rings. The summed E-state index contributed by atoms with van der Waals surface area (Å²) in [4.78, 5) is 49.9. The first-order chi connectivity index (χ1) is 12.9. The molecule has 1 aliphatic carbocycles. The van der Waals surface area contributed by atoms with Crippen molar-refractivity contribution < 1.29 is 23.9 Å². The Balaban J connectivity index is 1.64. The number of rotatable bonds is 4. The van der Waals surface area contributed by atoms with E-state index in [1.807, 2.05) is 6.92 Å². The van der Waals surface area contributed by atoms with Crippen LogP contribution in [-0.4, -0.2) is 47.9 Å². The van der Waals surface area contributed by atoms with Gasteiger partial charge in [0.15, 0.2) is 0 Å². The lowest BCUT2D eigenvalue weighted by Gasteiger charge is -2.36. The van der Waals surface area contributed by atoms with Crippen LogP contribution in [0.1, 0.15) is 43.0 Å². The summed E-state index contributed by atoms with van der Waals surface area (Å²) in [6.45, 7) is 1.61. The largest absolute Gasteiger partial charge is 0.465 e. The van der Waals surface area contributed by atoms with Crippen LogP contribution >= 0.6 is 0 Å². The summed E-state index contributed by atoms with van der Waals surface area (Å²) in [6.07, 6.45) is 3.39. The zero-order valence-electron chi connectivity index (χ0n) is 15.4. The minimum absolute atomic E-state index is 0.0432. The number of esters is 1. The highest BCUT2D eigenvalue weighted by Gasteiger charge is 2.55. The minimum Gasteiger partial charge on any atom is -0.465 e. The van der Waals surface area contributed by atoms with Crippen LogP contribution in [0.15, 0.2) is 24.3 Å². The molecule has 8 nitrogen and oxygen atoms in total. The number of urea groups is 1. The maximum Gasteiger partial charge on any atom is 0.337 e. The number of ether oxygens (including phenoxy) is 1. The number of methoxy groups -OCH3 is 1. The molecule has 1 saturated carbocycles. The van der Waals surface area contributed by atoms with E-state index in [0.717, 1.165) is 24.2 Å². The first kappa shape index (κ1) is 18.9. The van der Waals surface area contributed by atoms with Gasteiger partial charge in [0.05, 0.1) is 12.7 Å². The van der Waals surface area contributed by atoms with Crippen molar-refractivity contribution in [2.24, 2.45) is 5.92 Å². The van der Waals surface area contributed by atoms with Crippen LogP contribution in [-0.2, 0) is 14.3 Å². The van der Waals surface area contributed by atoms with Gasteiger partial charge in [-0.05, 0) is 43.0 Å². The molecule has 1 aromatic rings. The Morgan fingerprint density at radius 3 is 2.59 bits per heavy atom. The quantitative estimate of drug-likeness (QED) is 0.620. The fourth-order valence-electron chi connectivity index (χ4n) is 3.79. The molecule has 0 unspecified atom stereocenters. The van der Waals surface area contributed by atoms with Gasteiger partial charge in [-0.25, -0.2) is 9.59 Å². The third kappa shape index (κ3) is 3.51. The van der Waals surface area contributed by atoms with Crippen molar-refractivity contribution in [3.63, 3.8) is 0 Å². The Morgan fingerprint density at radius 2 is 1.96 bits per heavy atom. The molecule has 3 rings (SSSR count). The molecular formula is C19H23N3O5. The molecule has 0 aromatic heterocycles. The molecule has 0 radical (unpaired) electrons. The van der Waals surface area contributed by atoms with Crippen molar-refractivity contribution in [3.05, 3.63) is 29.8 Å². The van der Waals surface area contributed by atoms with E-state index < -0.39 is 23.4 Å². The highest BCUT2D eigenvalue weighted by Crippen LogP contribution is 2.38. The van der Waals surface area contributed by atoms with Crippen molar-refractivity contribution in [1.82, 2.24) is 10.2 Å². The summed E-state index contributed by atoms with van der Waals surface area (Å²) in [5.41, 5.74) is -0.0594. The smallest absolute Gasteiger partial charge is 0.337 e. The Hall–Kier alpha value is -2.90. The average molecular weight is 373 g/mol. The van der Waals surface area contributed by atoms with E-state index in [0.29, 0.717) is 17.7 Å². The van der Waals surface area contributed by atoms with Gasteiger partial charge in [0.25, 0.3) is 5.91 Å². The first-order valence-corrected chi connectivity index (χ1v) is 9.00. The molecular weight excluding hydrogens is 350 g/mol. The molecule has 27 heavy (non-hydrogen) atoms. The second-order valence-electron chi connectivity index (χ2n) is 7.06. The standard InChI is InChI=1S/C19H23N3O5/c1-12-5-3-4-10-19(12)17(25)22(18(26)21-19)11-15(23)20-14-8-6-13(7-9-14)16(24)27-2/h6-9,12H,3-5,10-11H2,1-2H3,(H,20,23)(H,21,26)/t12-,19+/m1/s1. The summed E-state index contributed by atoms with van der Waals surface area (Å²) >= 11 is 0. The van der Waals surface area contributed by atoms with Crippen LogP contribution in [0.5, 0.6) is 0 Å². The number of nitrogens with zero attached hydrogens (tertiary/aromatic N) is 1. The van der Waals surface area contributed by atoms with Crippen LogP contribution in [0.4, 0.5) is 10.5 Å². The molecule has 4 amide bonds. The summed E-state index contributed by atoms with van der Waals surface area (Å²) in [5.74, 6) is -1.23. The summed E-state index contributed by atoms with van der Waals surface area (Å²) in [6, 6.07) is 5.63. The maximum atomic E-state index is 12.9. The Bertz CT molecular complexity index is 776. The summed E-state index contributed by atoms with van der Waals surface area (Å²) < 4.78 is 4.62. The molecule has 1 saturated heterocycles. The average Bonchev–Trinajstić information content (AvgIpc) is 2.89. The van der Waals surface area contributed by atoms with Gasteiger partial charge in [-0.2, -0.15) is 0 Å². The van der Waals surface area contributed by atoms with Crippen molar-refractivity contribution in [2.45, 2.75) is 38.1 Å². The zero-order valence-corrected chi connectivity index (χ0v) is 15.4. The fourth-order valence-corrected chi connectivity index (χ4v) is 3.79. The minimum atomic E-state index is -0.877. The normalized spacial score (nSPS) is 24.7. The van der Waals surface area contributed by atoms with Gasteiger partial charge in [0, 0.05) is 5.69 Å². The lowest BCUT2D eigenvalue weighted by atomic mass is 9.73. The number of benzene rings is 1. The van der Waals surface area contributed by atoms with Crippen LogP contribution in [0.2, 0.25) is 0 Å². The molecule has 1 aliphatic heterocycles. The maximum absolute atomic E-state index is 12.9. The molecule has 2 atom stereocenters. The number of nitrogens with one attached hydrogen (secondary N) is 2. The SMILES string of the molecule is COC(=O)c1ccc(NC(=O)CN2C(=O)N[C@]3(CCCC[C@H]3C)C2=O)cc1. The second kappa shape index (κ2) is 7.38. The van der Waals surface area contributed by atoms with Crippen molar-refractivity contribution >= 4 is 29.5 Å². The Labute approximate surface area is 157 Å². The van der Waals surface area contributed by atoms with Gasteiger partial charge in [-0.1, -0.05) is 19.8 Å². The predicted octanol–water partition coefficient (Wildman–Crippen LogP) is 1.91. The Morgan fingerprint density at radius 1 is 1.26 bits per heavy atom. The van der Waals surface area contributed by atoms with E-state index in [1.165, 1.54) is 19.2 Å². The van der Waals surface area contributed by atoms with Crippen molar-refractivity contribution in [2.75, 3.05) is 19.0 Å². The number of anilines is 1. The number of hydrogen-bond donors (Lipinski definition) is 2. The molecule has 2 N–H and O–H groups in total. The van der Waals surface area contributed by atoms with Gasteiger partial charge in [0.1, 0.15) is 12.1 Å². The fraction of sp³-hybridized carbons (Fsp3) is 0.474. The third-order valence-electron chi connectivity index (χ3n) is 5.39. The highest BCUT2D eigenvalue weighted by molar-refractivity contribution is 6.10. The van der Waals surface area contributed by atoms with E-state index in [1.54, 1.807) is 12.1 Å². The Kier molecular flexibility index (Phi) is 5.16. The molecule has 1 heterocycles. The highest BCUT2D eigenvalue weighted by atomic mass is 16.5. The summed E-state index contributed by atoms with van der Waals surface area (Å²) in [7, 11) is 1.29. The number of carbonyl (C=O) groups excluding carboxylic acids is 4. The third-order valence-corrected chi connectivity index (χ3v) is 5.39. The molecule has 1 spiro atoms. The predicted molar refractivity (Wildman–Crippen MR) is 97.0 cm³/mol. The van der Waals surface area contributed by atoms with Crippen molar-refractivity contribution in [3.8, 4) is 0 Å². The van der Waals surface area contributed by atoms with Crippen molar-refractivity contribution in [1.29, 1.82) is 0 Å². The van der Waals surface area contributed by atoms with Crippen LogP contribution in [0.3, 0.4) is 0 Å². The number of amides is 4. The van der Waals surface area contributed by atoms with E-state index in [-0.39, 0.29) is 18.4 Å². The van der Waals surface area contributed by atoms with Gasteiger partial charge in [-0.15, -0.1) is 0 Å². The number of imide groups is 1. The van der Waals surface area contributed by atoms with Crippen LogP contribution in [0, 0.1) is 5.92 Å². The first-order valence-electron chi connectivity index (χ1n) is 9.00. The topological polar surface area (TPSA) is 105 Å². The number of carbonyl (C=O) groups is 4. The lowest BCUT2D eigenvalue weighted by molar-refractivity contribution is -0.136. The van der Waals surface area contributed by atoms with Gasteiger partial charge >= 0.3 is 12.0 Å². The van der Waals surface area contributed by atoms with E-state index in [2.05, 4.69) is 15.4 Å². The molecule has 2 fully saturated rings. The van der Waals surface area contributed by atoms with Gasteiger partial charge < -0.3 is 15.4 Å².